The molecular weight excluding hydrogens is 320 g/mol. The maximum absolute atomic E-state index is 8.65. The maximum atomic E-state index is 8.65. The van der Waals surface area contributed by atoms with Gasteiger partial charge in [0.05, 0.1) is 6.61 Å². The second-order valence-electron chi connectivity index (χ2n) is 4.74. The highest BCUT2D eigenvalue weighted by Gasteiger charge is 2.06. The number of hydrogen-bond acceptors (Lipinski definition) is 3. The molecule has 4 nitrogen and oxygen atoms in total. The molecule has 0 bridgehead atoms. The first kappa shape index (κ1) is 16.8. The molecule has 0 aliphatic rings. The molecule has 1 rings (SSSR count). The fourth-order valence-electron chi connectivity index (χ4n) is 1.92. The zero-order valence-electron chi connectivity index (χ0n) is 11.9. The Morgan fingerprint density at radius 3 is 2.60 bits per heavy atom. The molecule has 0 atom stereocenters. The van der Waals surface area contributed by atoms with Gasteiger partial charge in [-0.15, -0.1) is 0 Å². The van der Waals surface area contributed by atoms with E-state index in [9.17, 15) is 0 Å². The van der Waals surface area contributed by atoms with Crippen molar-refractivity contribution in [3.05, 3.63) is 28.2 Å². The molecule has 0 radical (unpaired) electrons. The molecule has 1 aromatic carbocycles. The van der Waals surface area contributed by atoms with Gasteiger partial charge in [-0.05, 0) is 40.5 Å². The minimum Gasteiger partial charge on any atom is -0.494 e. The third kappa shape index (κ3) is 5.82. The number of unbranched alkanes of at least 4 members (excludes halogenated alkanes) is 5. The Labute approximate surface area is 129 Å². The second-order valence-corrected chi connectivity index (χ2v) is 5.60. The van der Waals surface area contributed by atoms with Crippen LogP contribution in [0, 0.1) is 0 Å². The number of nitrogens with zero attached hydrogens (tertiary/aromatic N) is 1. The van der Waals surface area contributed by atoms with Crippen LogP contribution >= 0.6 is 15.9 Å². The molecule has 0 spiro atoms. The first-order chi connectivity index (χ1) is 9.69. The second kappa shape index (κ2) is 9.64. The lowest BCUT2D eigenvalue weighted by Crippen LogP contribution is -2.13. The van der Waals surface area contributed by atoms with E-state index >= 15 is 0 Å². The summed E-state index contributed by atoms with van der Waals surface area (Å²) in [6.07, 6.45) is 7.48. The first-order valence-electron chi connectivity index (χ1n) is 7.09. The fourth-order valence-corrected chi connectivity index (χ4v) is 2.48. The monoisotopic (exact) mass is 342 g/mol. The Balaban J connectivity index is 2.33. The summed E-state index contributed by atoms with van der Waals surface area (Å²) in [4.78, 5) is 0. The quantitative estimate of drug-likeness (QED) is 0.231. The van der Waals surface area contributed by atoms with Crippen molar-refractivity contribution in [3.8, 4) is 5.75 Å². The van der Waals surface area contributed by atoms with Gasteiger partial charge in [0.1, 0.15) is 5.75 Å². The van der Waals surface area contributed by atoms with Gasteiger partial charge in [0, 0.05) is 10.0 Å². The molecule has 20 heavy (non-hydrogen) atoms. The number of nitrogens with two attached hydrogens (primary N) is 1. The van der Waals surface area contributed by atoms with Crippen LogP contribution in [0.2, 0.25) is 0 Å². The van der Waals surface area contributed by atoms with Gasteiger partial charge in [-0.25, -0.2) is 0 Å². The van der Waals surface area contributed by atoms with Gasteiger partial charge in [0.25, 0.3) is 0 Å². The number of rotatable bonds is 9. The van der Waals surface area contributed by atoms with Gasteiger partial charge >= 0.3 is 0 Å². The van der Waals surface area contributed by atoms with E-state index in [1.807, 2.05) is 12.1 Å². The largest absolute Gasteiger partial charge is 0.494 e. The molecule has 0 aliphatic carbocycles. The summed E-state index contributed by atoms with van der Waals surface area (Å²) in [5, 5.41) is 11.6. The molecule has 0 aliphatic heterocycles. The molecular formula is C15H23BrN2O2. The Bertz CT molecular complexity index is 436. The van der Waals surface area contributed by atoms with Gasteiger partial charge in [0.15, 0.2) is 5.84 Å². The minimum absolute atomic E-state index is 0.0827. The number of hydrogen-bond donors (Lipinski definition) is 2. The number of halogens is 1. The number of benzene rings is 1. The summed E-state index contributed by atoms with van der Waals surface area (Å²) in [5.74, 6) is 0.874. The van der Waals surface area contributed by atoms with E-state index in [1.165, 1.54) is 32.1 Å². The van der Waals surface area contributed by atoms with Gasteiger partial charge in [-0.3, -0.25) is 0 Å². The van der Waals surface area contributed by atoms with Crippen molar-refractivity contribution in [2.45, 2.75) is 45.4 Å². The lowest BCUT2D eigenvalue weighted by Gasteiger charge is -2.08. The van der Waals surface area contributed by atoms with Crippen molar-refractivity contribution in [1.82, 2.24) is 0 Å². The number of ether oxygens (including phenoxy) is 1. The Morgan fingerprint density at radius 2 is 1.95 bits per heavy atom. The standard InChI is InChI=1S/C15H23BrN2O2/c1-2-3-4-5-6-7-10-20-12-8-9-13(14(16)11-12)15(17)18-19/h8-9,11,19H,2-7,10H2,1H3,(H2,17,18). The van der Waals surface area contributed by atoms with E-state index in [0.29, 0.717) is 5.56 Å². The highest BCUT2D eigenvalue weighted by atomic mass is 79.9. The zero-order chi connectivity index (χ0) is 14.8. The minimum atomic E-state index is 0.0827. The summed E-state index contributed by atoms with van der Waals surface area (Å²) in [7, 11) is 0. The Morgan fingerprint density at radius 1 is 1.25 bits per heavy atom. The van der Waals surface area contributed by atoms with E-state index in [2.05, 4.69) is 28.0 Å². The molecule has 0 fully saturated rings. The Hall–Kier alpha value is -1.23. The normalized spacial score (nSPS) is 11.6. The van der Waals surface area contributed by atoms with Crippen LogP contribution in [0.15, 0.2) is 27.8 Å². The van der Waals surface area contributed by atoms with Crippen molar-refractivity contribution >= 4 is 21.8 Å². The predicted octanol–water partition coefficient (Wildman–Crippen LogP) is 4.28. The van der Waals surface area contributed by atoms with Crippen LogP contribution in [0.3, 0.4) is 0 Å². The summed E-state index contributed by atoms with van der Waals surface area (Å²) in [5.41, 5.74) is 6.21. The summed E-state index contributed by atoms with van der Waals surface area (Å²) < 4.78 is 6.45. The van der Waals surface area contributed by atoms with Crippen molar-refractivity contribution in [2.75, 3.05) is 6.61 Å². The molecule has 0 heterocycles. The average Bonchev–Trinajstić information content (AvgIpc) is 2.45. The third-order valence-corrected chi connectivity index (χ3v) is 3.75. The van der Waals surface area contributed by atoms with Crippen LogP contribution in [0.25, 0.3) is 0 Å². The van der Waals surface area contributed by atoms with Crippen molar-refractivity contribution < 1.29 is 9.94 Å². The van der Waals surface area contributed by atoms with E-state index < -0.39 is 0 Å². The lowest BCUT2D eigenvalue weighted by atomic mass is 10.1. The van der Waals surface area contributed by atoms with Gasteiger partial charge < -0.3 is 15.7 Å². The van der Waals surface area contributed by atoms with Crippen molar-refractivity contribution in [2.24, 2.45) is 10.9 Å². The highest BCUT2D eigenvalue weighted by molar-refractivity contribution is 9.10. The molecule has 5 heteroatoms. The van der Waals surface area contributed by atoms with E-state index in [0.717, 1.165) is 23.2 Å². The molecule has 1 aromatic rings. The van der Waals surface area contributed by atoms with Gasteiger partial charge in [-0.1, -0.05) is 44.2 Å². The van der Waals surface area contributed by atoms with Crippen LogP contribution in [-0.4, -0.2) is 17.6 Å². The number of oxime groups is 1. The van der Waals surface area contributed by atoms with Crippen LogP contribution in [0.4, 0.5) is 0 Å². The fraction of sp³-hybridized carbons (Fsp3) is 0.533. The van der Waals surface area contributed by atoms with Gasteiger partial charge in [0.2, 0.25) is 0 Å². The molecule has 112 valence electrons. The van der Waals surface area contributed by atoms with Gasteiger partial charge in [-0.2, -0.15) is 0 Å². The van der Waals surface area contributed by atoms with Crippen LogP contribution in [0.1, 0.15) is 51.0 Å². The van der Waals surface area contributed by atoms with Crippen molar-refractivity contribution in [1.29, 1.82) is 0 Å². The lowest BCUT2D eigenvalue weighted by molar-refractivity contribution is 0.304. The predicted molar refractivity (Wildman–Crippen MR) is 85.5 cm³/mol. The SMILES string of the molecule is CCCCCCCCOc1ccc(/C(N)=N/O)c(Br)c1. The smallest absolute Gasteiger partial charge is 0.171 e. The third-order valence-electron chi connectivity index (χ3n) is 3.09. The molecule has 0 aromatic heterocycles. The van der Waals surface area contributed by atoms with E-state index in [-0.39, 0.29) is 5.84 Å². The van der Waals surface area contributed by atoms with Crippen molar-refractivity contribution in [3.63, 3.8) is 0 Å². The summed E-state index contributed by atoms with van der Waals surface area (Å²) in [6, 6.07) is 5.44. The van der Waals surface area contributed by atoms with E-state index in [1.54, 1.807) is 6.07 Å². The zero-order valence-corrected chi connectivity index (χ0v) is 13.5. The molecule has 0 saturated carbocycles. The summed E-state index contributed by atoms with van der Waals surface area (Å²) >= 11 is 3.39. The molecule has 0 saturated heterocycles. The number of amidine groups is 1. The maximum Gasteiger partial charge on any atom is 0.171 e. The topological polar surface area (TPSA) is 67.8 Å². The van der Waals surface area contributed by atoms with Crippen LogP contribution < -0.4 is 10.5 Å². The van der Waals surface area contributed by atoms with Crippen LogP contribution in [-0.2, 0) is 0 Å². The van der Waals surface area contributed by atoms with Crippen LogP contribution in [0.5, 0.6) is 5.75 Å². The molecule has 0 unspecified atom stereocenters. The summed E-state index contributed by atoms with van der Waals surface area (Å²) in [6.45, 7) is 2.94. The Kier molecular flexibility index (Phi) is 8.11. The average molecular weight is 343 g/mol. The molecule has 3 N–H and O–H groups in total. The molecule has 0 amide bonds. The van der Waals surface area contributed by atoms with E-state index in [4.69, 9.17) is 15.7 Å². The highest BCUT2D eigenvalue weighted by Crippen LogP contribution is 2.23. The first-order valence-corrected chi connectivity index (χ1v) is 7.88.